The Morgan fingerprint density at radius 1 is 1.26 bits per heavy atom. The van der Waals surface area contributed by atoms with Gasteiger partial charge < -0.3 is 10.1 Å². The van der Waals surface area contributed by atoms with E-state index in [0.717, 1.165) is 0 Å². The number of cyclic esters (lactones) is 1. The Morgan fingerprint density at radius 3 is 2.65 bits per heavy atom. The molecule has 1 amide bonds. The molecule has 118 valence electrons. The molecule has 3 rings (SSSR count). The average molecular weight is 334 g/mol. The molecular weight excluding hydrogens is 321 g/mol. The maximum atomic E-state index is 13.4. The van der Waals surface area contributed by atoms with Crippen molar-refractivity contribution < 1.29 is 18.7 Å². The van der Waals surface area contributed by atoms with Gasteiger partial charge in [-0.3, -0.25) is 4.79 Å². The van der Waals surface area contributed by atoms with E-state index >= 15 is 0 Å². The zero-order valence-corrected chi connectivity index (χ0v) is 13.0. The van der Waals surface area contributed by atoms with Crippen molar-refractivity contribution in [3.05, 3.63) is 64.4 Å². The Bertz CT molecular complexity index is 791. The molecule has 1 heterocycles. The van der Waals surface area contributed by atoms with Crippen LogP contribution in [0.1, 0.15) is 22.8 Å². The van der Waals surface area contributed by atoms with Crippen molar-refractivity contribution in [2.45, 2.75) is 18.9 Å². The molecule has 23 heavy (non-hydrogen) atoms. The smallest absolute Gasteiger partial charge is 0.339 e. The number of benzene rings is 2. The molecule has 1 atom stereocenters. The number of ether oxygens (including phenoxy) is 1. The predicted octanol–water partition coefficient (Wildman–Crippen LogP) is 3.59. The molecule has 0 spiro atoms. The van der Waals surface area contributed by atoms with Crippen LogP contribution in [-0.4, -0.2) is 17.5 Å². The van der Waals surface area contributed by atoms with E-state index in [0.29, 0.717) is 16.3 Å². The van der Waals surface area contributed by atoms with Gasteiger partial charge in [-0.1, -0.05) is 11.6 Å². The standard InChI is InChI=1S/C17H13ClFNO3/c1-17(16(22)20-13-5-2-11(18)3-6-13)9-10-8-12(19)4-7-14(10)15(21)23-17/h2-8H,9H2,1H3,(H,20,22). The minimum Gasteiger partial charge on any atom is -0.445 e. The molecule has 2 aromatic rings. The van der Waals surface area contributed by atoms with Crippen molar-refractivity contribution >= 4 is 29.2 Å². The minimum atomic E-state index is -1.41. The maximum absolute atomic E-state index is 13.4. The van der Waals surface area contributed by atoms with Gasteiger partial charge in [0.15, 0.2) is 5.60 Å². The molecule has 0 aromatic heterocycles. The fraction of sp³-hybridized carbons (Fsp3) is 0.176. The van der Waals surface area contributed by atoms with E-state index in [1.165, 1.54) is 25.1 Å². The maximum Gasteiger partial charge on any atom is 0.339 e. The van der Waals surface area contributed by atoms with Crippen LogP contribution in [0.5, 0.6) is 0 Å². The quantitative estimate of drug-likeness (QED) is 0.854. The second-order valence-electron chi connectivity index (χ2n) is 5.56. The van der Waals surface area contributed by atoms with Crippen LogP contribution in [0.2, 0.25) is 5.02 Å². The number of carbonyl (C=O) groups is 2. The van der Waals surface area contributed by atoms with Gasteiger partial charge in [0, 0.05) is 17.1 Å². The molecule has 0 saturated carbocycles. The van der Waals surface area contributed by atoms with E-state index in [-0.39, 0.29) is 12.0 Å². The van der Waals surface area contributed by atoms with E-state index < -0.39 is 23.3 Å². The van der Waals surface area contributed by atoms with Gasteiger partial charge in [-0.25, -0.2) is 9.18 Å². The van der Waals surface area contributed by atoms with E-state index in [4.69, 9.17) is 16.3 Å². The molecule has 0 radical (unpaired) electrons. The minimum absolute atomic E-state index is 0.102. The topological polar surface area (TPSA) is 55.4 Å². The number of fused-ring (bicyclic) bond motifs is 1. The normalized spacial score (nSPS) is 19.7. The number of esters is 1. The first kappa shape index (κ1) is 15.5. The third-order valence-electron chi connectivity index (χ3n) is 3.72. The Labute approximate surface area is 137 Å². The summed E-state index contributed by atoms with van der Waals surface area (Å²) < 4.78 is 18.7. The van der Waals surface area contributed by atoms with Crippen LogP contribution in [0.15, 0.2) is 42.5 Å². The number of hydrogen-bond donors (Lipinski definition) is 1. The highest BCUT2D eigenvalue weighted by atomic mass is 35.5. The Morgan fingerprint density at radius 2 is 1.96 bits per heavy atom. The lowest BCUT2D eigenvalue weighted by Gasteiger charge is -2.33. The first-order chi connectivity index (χ1) is 10.9. The third-order valence-corrected chi connectivity index (χ3v) is 3.97. The molecule has 0 bridgehead atoms. The van der Waals surface area contributed by atoms with Gasteiger partial charge in [-0.15, -0.1) is 0 Å². The van der Waals surface area contributed by atoms with Crippen LogP contribution in [-0.2, 0) is 16.0 Å². The number of rotatable bonds is 2. The van der Waals surface area contributed by atoms with Gasteiger partial charge >= 0.3 is 5.97 Å². The lowest BCUT2D eigenvalue weighted by atomic mass is 9.89. The second-order valence-corrected chi connectivity index (χ2v) is 6.00. The Hall–Kier alpha value is -2.40. The molecule has 4 nitrogen and oxygen atoms in total. The lowest BCUT2D eigenvalue weighted by molar-refractivity contribution is -0.134. The number of carbonyl (C=O) groups excluding carboxylic acids is 2. The molecule has 0 saturated heterocycles. The summed E-state index contributed by atoms with van der Waals surface area (Å²) in [6.45, 7) is 1.50. The van der Waals surface area contributed by atoms with Gasteiger partial charge in [0.2, 0.25) is 0 Å². The fourth-order valence-electron chi connectivity index (χ4n) is 2.49. The van der Waals surface area contributed by atoms with E-state index in [1.807, 2.05) is 0 Å². The Balaban J connectivity index is 1.85. The Kier molecular flexibility index (Phi) is 3.82. The summed E-state index contributed by atoms with van der Waals surface area (Å²) in [5, 5.41) is 3.22. The van der Waals surface area contributed by atoms with Crippen LogP contribution in [0, 0.1) is 5.82 Å². The molecule has 0 fully saturated rings. The fourth-order valence-corrected chi connectivity index (χ4v) is 2.62. The van der Waals surface area contributed by atoms with Gasteiger partial charge in [-0.05, 0) is 55.0 Å². The SMILES string of the molecule is CC1(C(=O)Nc2ccc(Cl)cc2)Cc2cc(F)ccc2C(=O)O1. The molecular formula is C17H13ClFNO3. The summed E-state index contributed by atoms with van der Waals surface area (Å²) in [4.78, 5) is 24.6. The zero-order valence-electron chi connectivity index (χ0n) is 12.2. The number of hydrogen-bond acceptors (Lipinski definition) is 3. The molecule has 1 aliphatic heterocycles. The summed E-state index contributed by atoms with van der Waals surface area (Å²) in [6.07, 6.45) is 0.102. The van der Waals surface area contributed by atoms with Gasteiger partial charge in [0.25, 0.3) is 5.91 Å². The van der Waals surface area contributed by atoms with Crippen molar-refractivity contribution in [1.82, 2.24) is 0 Å². The third kappa shape index (κ3) is 3.05. The summed E-state index contributed by atoms with van der Waals surface area (Å²) in [5.41, 5.74) is -0.141. The molecule has 6 heteroatoms. The van der Waals surface area contributed by atoms with Gasteiger partial charge in [-0.2, -0.15) is 0 Å². The van der Waals surface area contributed by atoms with Gasteiger partial charge in [0.05, 0.1) is 5.56 Å². The average Bonchev–Trinajstić information content (AvgIpc) is 2.48. The number of anilines is 1. The molecule has 1 aliphatic rings. The van der Waals surface area contributed by atoms with Crippen LogP contribution in [0.25, 0.3) is 0 Å². The van der Waals surface area contributed by atoms with E-state index in [1.54, 1.807) is 24.3 Å². The van der Waals surface area contributed by atoms with Crippen LogP contribution < -0.4 is 5.32 Å². The largest absolute Gasteiger partial charge is 0.445 e. The van der Waals surface area contributed by atoms with E-state index in [9.17, 15) is 14.0 Å². The number of nitrogens with one attached hydrogen (secondary N) is 1. The highest BCUT2D eigenvalue weighted by molar-refractivity contribution is 6.30. The van der Waals surface area contributed by atoms with Gasteiger partial charge in [0.1, 0.15) is 5.82 Å². The van der Waals surface area contributed by atoms with Crippen molar-refractivity contribution in [2.75, 3.05) is 5.32 Å². The summed E-state index contributed by atoms with van der Waals surface area (Å²) in [7, 11) is 0. The molecule has 1 unspecified atom stereocenters. The predicted molar refractivity (Wildman–Crippen MR) is 84.0 cm³/mol. The second kappa shape index (κ2) is 5.66. The van der Waals surface area contributed by atoms with Crippen molar-refractivity contribution in [1.29, 1.82) is 0 Å². The molecule has 0 aliphatic carbocycles. The number of amides is 1. The highest BCUT2D eigenvalue weighted by Crippen LogP contribution is 2.30. The van der Waals surface area contributed by atoms with E-state index in [2.05, 4.69) is 5.32 Å². The van der Waals surface area contributed by atoms with Crippen molar-refractivity contribution in [2.24, 2.45) is 0 Å². The van der Waals surface area contributed by atoms with Crippen LogP contribution in [0.4, 0.5) is 10.1 Å². The highest BCUT2D eigenvalue weighted by Gasteiger charge is 2.42. The van der Waals surface area contributed by atoms with Crippen LogP contribution >= 0.6 is 11.6 Å². The monoisotopic (exact) mass is 333 g/mol. The summed E-state index contributed by atoms with van der Waals surface area (Å²) >= 11 is 5.80. The van der Waals surface area contributed by atoms with Crippen molar-refractivity contribution in [3.8, 4) is 0 Å². The first-order valence-electron chi connectivity index (χ1n) is 6.96. The molecule has 1 N–H and O–H groups in total. The lowest BCUT2D eigenvalue weighted by Crippen LogP contribution is -2.48. The number of halogens is 2. The zero-order chi connectivity index (χ0) is 16.6. The van der Waals surface area contributed by atoms with Crippen LogP contribution in [0.3, 0.4) is 0 Å². The molecule has 2 aromatic carbocycles. The summed E-state index contributed by atoms with van der Waals surface area (Å²) in [6, 6.07) is 10.4. The first-order valence-corrected chi connectivity index (χ1v) is 7.34. The van der Waals surface area contributed by atoms with Crippen molar-refractivity contribution in [3.63, 3.8) is 0 Å². The summed E-state index contributed by atoms with van der Waals surface area (Å²) in [5.74, 6) is -1.58.